The predicted molar refractivity (Wildman–Crippen MR) is 133 cm³/mol. The maximum atomic E-state index is 13.0. The highest BCUT2D eigenvalue weighted by Gasteiger charge is 2.35. The number of aryl methyl sites for hydroxylation is 1. The topological polar surface area (TPSA) is 109 Å². The molecular weight excluding hydrogens is 448 g/mol. The molecule has 9 nitrogen and oxygen atoms in total. The van der Waals surface area contributed by atoms with Gasteiger partial charge in [-0.05, 0) is 58.1 Å². The first-order valence-corrected chi connectivity index (χ1v) is 12.4. The van der Waals surface area contributed by atoms with E-state index in [4.69, 9.17) is 9.47 Å². The summed E-state index contributed by atoms with van der Waals surface area (Å²) in [5.74, 6) is -0.443. The minimum absolute atomic E-state index is 0.0204. The van der Waals surface area contributed by atoms with Crippen LogP contribution in [0.5, 0.6) is 0 Å². The van der Waals surface area contributed by atoms with Crippen LogP contribution in [-0.4, -0.2) is 60.9 Å². The lowest BCUT2D eigenvalue weighted by atomic mass is 9.93. The zero-order valence-electron chi connectivity index (χ0n) is 21.4. The number of alkyl carbamates (subject to hydrolysis) is 1. The minimum Gasteiger partial charge on any atom is -0.463 e. The smallest absolute Gasteiger partial charge is 0.407 e. The van der Waals surface area contributed by atoms with Gasteiger partial charge in [-0.1, -0.05) is 31.2 Å². The fourth-order valence-electron chi connectivity index (χ4n) is 4.32. The molecule has 3 amide bonds. The number of urea groups is 1. The van der Waals surface area contributed by atoms with E-state index in [-0.39, 0.29) is 18.7 Å². The van der Waals surface area contributed by atoms with Crippen molar-refractivity contribution in [2.24, 2.45) is 0 Å². The Bertz CT molecular complexity index is 943. The normalized spacial score (nSPS) is 19.6. The third kappa shape index (κ3) is 7.45. The molecule has 3 N–H and O–H groups in total. The Kier molecular flexibility index (Phi) is 8.77. The van der Waals surface area contributed by atoms with E-state index in [0.717, 1.165) is 24.8 Å². The number of nitrogens with one attached hydrogen (secondary N) is 3. The van der Waals surface area contributed by atoms with E-state index < -0.39 is 23.7 Å². The van der Waals surface area contributed by atoms with Crippen LogP contribution < -0.4 is 16.0 Å². The van der Waals surface area contributed by atoms with Gasteiger partial charge in [0.2, 0.25) is 0 Å². The lowest BCUT2D eigenvalue weighted by molar-refractivity contribution is -0.139. The second-order valence-corrected chi connectivity index (χ2v) is 9.94. The molecule has 1 aromatic carbocycles. The Morgan fingerprint density at radius 3 is 2.34 bits per heavy atom. The summed E-state index contributed by atoms with van der Waals surface area (Å²) in [6.45, 7) is 11.4. The summed E-state index contributed by atoms with van der Waals surface area (Å²) in [5.41, 5.74) is 2.44. The van der Waals surface area contributed by atoms with Crippen molar-refractivity contribution >= 4 is 18.1 Å². The van der Waals surface area contributed by atoms with Gasteiger partial charge in [0.1, 0.15) is 5.60 Å². The average molecular weight is 487 g/mol. The number of piperidine rings is 1. The number of carbonyl (C=O) groups excluding carboxylic acids is 3. The van der Waals surface area contributed by atoms with Crippen molar-refractivity contribution in [1.82, 2.24) is 20.9 Å². The zero-order valence-corrected chi connectivity index (χ0v) is 21.4. The van der Waals surface area contributed by atoms with E-state index in [0.29, 0.717) is 30.9 Å². The van der Waals surface area contributed by atoms with Crippen molar-refractivity contribution in [3.63, 3.8) is 0 Å². The van der Waals surface area contributed by atoms with Crippen LogP contribution in [0.1, 0.15) is 64.6 Å². The summed E-state index contributed by atoms with van der Waals surface area (Å²) in [6.07, 6.45) is 1.99. The predicted octanol–water partition coefficient (Wildman–Crippen LogP) is 3.41. The van der Waals surface area contributed by atoms with Crippen LogP contribution in [0.25, 0.3) is 0 Å². The standard InChI is InChI=1S/C26H38N4O5/c1-6-17-8-10-18(11-9-17)22-21(23(31)34-7-2)20(28-24(32)29-22)16-30-14-12-19(13-15-30)27-25(33)35-26(3,4)5/h8-11,19,22H,6-7,12-16H2,1-5H3,(H,27,33)(H2,28,29,32)/t22-/m0/s1. The second-order valence-electron chi connectivity index (χ2n) is 9.94. The summed E-state index contributed by atoms with van der Waals surface area (Å²) in [6, 6.07) is 6.99. The van der Waals surface area contributed by atoms with Gasteiger partial charge in [-0.25, -0.2) is 14.4 Å². The number of rotatable bonds is 7. The molecule has 2 aliphatic heterocycles. The fourth-order valence-corrected chi connectivity index (χ4v) is 4.32. The van der Waals surface area contributed by atoms with Crippen LogP contribution in [0, 0.1) is 0 Å². The van der Waals surface area contributed by atoms with E-state index in [1.807, 2.05) is 45.0 Å². The number of likely N-dealkylation sites (tertiary alicyclic amines) is 1. The van der Waals surface area contributed by atoms with Crippen molar-refractivity contribution in [2.45, 2.75) is 71.6 Å². The number of hydrogen-bond donors (Lipinski definition) is 3. The van der Waals surface area contributed by atoms with Crippen molar-refractivity contribution < 1.29 is 23.9 Å². The SMILES string of the molecule is CCOC(=O)C1=C(CN2CCC(NC(=O)OC(C)(C)C)CC2)NC(=O)N[C@H]1c1ccc(CC)cc1. The first-order valence-electron chi connectivity index (χ1n) is 12.4. The molecule has 0 spiro atoms. The molecule has 2 heterocycles. The summed E-state index contributed by atoms with van der Waals surface area (Å²) < 4.78 is 10.7. The number of nitrogens with zero attached hydrogens (tertiary/aromatic N) is 1. The molecule has 35 heavy (non-hydrogen) atoms. The van der Waals surface area contributed by atoms with E-state index in [9.17, 15) is 14.4 Å². The highest BCUT2D eigenvalue weighted by molar-refractivity contribution is 5.95. The number of benzene rings is 1. The van der Waals surface area contributed by atoms with Crippen LogP contribution in [0.15, 0.2) is 35.5 Å². The van der Waals surface area contributed by atoms with Crippen LogP contribution in [0.4, 0.5) is 9.59 Å². The summed E-state index contributed by atoms with van der Waals surface area (Å²) in [4.78, 5) is 39.8. The largest absolute Gasteiger partial charge is 0.463 e. The van der Waals surface area contributed by atoms with E-state index >= 15 is 0 Å². The molecule has 1 saturated heterocycles. The Hall–Kier alpha value is -3.07. The molecule has 1 aromatic rings. The first kappa shape index (κ1) is 26.5. The highest BCUT2D eigenvalue weighted by Crippen LogP contribution is 2.29. The van der Waals surface area contributed by atoms with Crippen molar-refractivity contribution in [3.05, 3.63) is 46.7 Å². The van der Waals surface area contributed by atoms with Crippen molar-refractivity contribution in [2.75, 3.05) is 26.2 Å². The molecule has 0 bridgehead atoms. The molecule has 192 valence electrons. The minimum atomic E-state index is -0.588. The number of ether oxygens (including phenoxy) is 2. The summed E-state index contributed by atoms with van der Waals surface area (Å²) >= 11 is 0. The zero-order chi connectivity index (χ0) is 25.6. The Morgan fingerprint density at radius 2 is 1.77 bits per heavy atom. The van der Waals surface area contributed by atoms with Crippen LogP contribution in [-0.2, 0) is 20.7 Å². The molecule has 2 aliphatic rings. The van der Waals surface area contributed by atoms with Gasteiger partial charge in [0, 0.05) is 31.4 Å². The Morgan fingerprint density at radius 1 is 1.11 bits per heavy atom. The summed E-state index contributed by atoms with van der Waals surface area (Å²) in [7, 11) is 0. The lowest BCUT2D eigenvalue weighted by Crippen LogP contribution is -2.50. The Labute approximate surface area is 207 Å². The maximum absolute atomic E-state index is 13.0. The molecule has 9 heteroatoms. The van der Waals surface area contributed by atoms with E-state index in [2.05, 4.69) is 27.8 Å². The molecule has 0 aromatic heterocycles. The average Bonchev–Trinajstić information content (AvgIpc) is 2.79. The molecule has 3 rings (SSSR count). The lowest BCUT2D eigenvalue weighted by Gasteiger charge is -2.35. The molecule has 0 radical (unpaired) electrons. The fraction of sp³-hybridized carbons (Fsp3) is 0.577. The maximum Gasteiger partial charge on any atom is 0.407 e. The quantitative estimate of drug-likeness (QED) is 0.510. The van der Waals surface area contributed by atoms with Gasteiger partial charge in [-0.15, -0.1) is 0 Å². The molecule has 1 atom stereocenters. The van der Waals surface area contributed by atoms with Crippen molar-refractivity contribution in [1.29, 1.82) is 0 Å². The first-order chi connectivity index (χ1) is 16.6. The molecular formula is C26H38N4O5. The third-order valence-corrected chi connectivity index (χ3v) is 6.06. The van der Waals surface area contributed by atoms with E-state index in [1.54, 1.807) is 6.92 Å². The number of hydrogen-bond acceptors (Lipinski definition) is 6. The van der Waals surface area contributed by atoms with Crippen LogP contribution in [0.2, 0.25) is 0 Å². The third-order valence-electron chi connectivity index (χ3n) is 6.06. The second kappa shape index (κ2) is 11.6. The van der Waals surface area contributed by atoms with Gasteiger partial charge < -0.3 is 25.4 Å². The van der Waals surface area contributed by atoms with Crippen LogP contribution in [0.3, 0.4) is 0 Å². The van der Waals surface area contributed by atoms with Gasteiger partial charge >= 0.3 is 18.1 Å². The van der Waals surface area contributed by atoms with Crippen molar-refractivity contribution in [3.8, 4) is 0 Å². The van der Waals surface area contributed by atoms with Gasteiger partial charge in [0.15, 0.2) is 0 Å². The summed E-state index contributed by atoms with van der Waals surface area (Å²) in [5, 5.41) is 8.66. The van der Waals surface area contributed by atoms with Gasteiger partial charge in [-0.3, -0.25) is 4.90 Å². The molecule has 0 saturated carbocycles. The van der Waals surface area contributed by atoms with Gasteiger partial charge in [0.25, 0.3) is 0 Å². The van der Waals surface area contributed by atoms with E-state index in [1.165, 1.54) is 5.56 Å². The number of amides is 3. The molecule has 1 fully saturated rings. The van der Waals surface area contributed by atoms with Gasteiger partial charge in [0.05, 0.1) is 18.2 Å². The van der Waals surface area contributed by atoms with Gasteiger partial charge in [-0.2, -0.15) is 0 Å². The highest BCUT2D eigenvalue weighted by atomic mass is 16.6. The molecule has 0 unspecified atom stereocenters. The number of esters is 1. The monoisotopic (exact) mass is 486 g/mol. The Balaban J connectivity index is 1.74. The molecule has 0 aliphatic carbocycles. The number of carbonyl (C=O) groups is 3. The van der Waals surface area contributed by atoms with Crippen LogP contribution >= 0.6 is 0 Å².